The van der Waals surface area contributed by atoms with Crippen molar-refractivity contribution in [3.63, 3.8) is 0 Å². The summed E-state index contributed by atoms with van der Waals surface area (Å²) in [5.41, 5.74) is 0. The highest BCUT2D eigenvalue weighted by atomic mass is 79.9. The van der Waals surface area contributed by atoms with Crippen molar-refractivity contribution in [1.29, 1.82) is 0 Å². The topological polar surface area (TPSA) is 17.1 Å². The monoisotopic (exact) mass is 230 g/mol. The van der Waals surface area contributed by atoms with Gasteiger partial charge in [0.1, 0.15) is 0 Å². The van der Waals surface area contributed by atoms with E-state index in [1.54, 1.807) is 0 Å². The molecule has 58 valence electrons. The minimum Gasteiger partial charge on any atom is -0.286 e. The van der Waals surface area contributed by atoms with Gasteiger partial charge in [-0.1, -0.05) is 18.2 Å². The van der Waals surface area contributed by atoms with Crippen LogP contribution in [0.1, 0.15) is 0 Å². The van der Waals surface area contributed by atoms with Gasteiger partial charge in [-0.3, -0.25) is 4.79 Å². The Morgan fingerprint density at radius 1 is 1.36 bits per heavy atom. The lowest BCUT2D eigenvalue weighted by Crippen LogP contribution is -1.87. The van der Waals surface area contributed by atoms with Crippen LogP contribution in [0.25, 0.3) is 0 Å². The normalized spacial score (nSPS) is 9.55. The van der Waals surface area contributed by atoms with Gasteiger partial charge in [0.15, 0.2) is 0 Å². The number of halogens is 1. The van der Waals surface area contributed by atoms with Crippen molar-refractivity contribution in [2.45, 2.75) is 4.90 Å². The number of carbonyl (C=O) groups is 1. The molecule has 0 aliphatic rings. The van der Waals surface area contributed by atoms with Crippen LogP contribution in [0.5, 0.6) is 0 Å². The Morgan fingerprint density at radius 2 is 2.00 bits per heavy atom. The number of rotatable bonds is 3. The van der Waals surface area contributed by atoms with Crippen LogP contribution in [0.4, 0.5) is 0 Å². The van der Waals surface area contributed by atoms with Crippen molar-refractivity contribution >= 4 is 32.4 Å². The van der Waals surface area contributed by atoms with E-state index in [1.165, 1.54) is 11.8 Å². The summed E-state index contributed by atoms with van der Waals surface area (Å²) in [5, 5.41) is 0. The first-order chi connectivity index (χ1) is 5.29. The van der Waals surface area contributed by atoms with Crippen LogP contribution in [0, 0.1) is 0 Å². The molecule has 0 unspecified atom stereocenters. The molecule has 0 aromatic heterocycles. The highest BCUT2D eigenvalue weighted by molar-refractivity contribution is 9.18. The average Bonchev–Trinajstić information content (AvgIpc) is 2.03. The fourth-order valence-electron chi connectivity index (χ4n) is 0.657. The summed E-state index contributed by atoms with van der Waals surface area (Å²) < 4.78 is 0.0337. The first-order valence-electron chi connectivity index (χ1n) is 3.15. The number of carbonyl (C=O) groups excluding carboxylic acids is 1. The van der Waals surface area contributed by atoms with E-state index in [-0.39, 0.29) is 4.69 Å². The molecule has 0 radical (unpaired) electrons. The Bertz CT molecular complexity index is 235. The highest BCUT2D eigenvalue weighted by Crippen LogP contribution is 2.17. The van der Waals surface area contributed by atoms with Crippen LogP contribution in [-0.2, 0) is 4.79 Å². The predicted molar refractivity (Wildman–Crippen MR) is 51.1 cm³/mol. The van der Waals surface area contributed by atoms with E-state index in [0.29, 0.717) is 5.75 Å². The van der Waals surface area contributed by atoms with Crippen molar-refractivity contribution in [2.75, 3.05) is 5.75 Å². The van der Waals surface area contributed by atoms with Gasteiger partial charge in [-0.15, -0.1) is 11.8 Å². The summed E-state index contributed by atoms with van der Waals surface area (Å²) >= 11 is 4.40. The third-order valence-corrected chi connectivity index (χ3v) is 2.76. The second-order valence-electron chi connectivity index (χ2n) is 1.96. The Morgan fingerprint density at radius 3 is 2.55 bits per heavy atom. The Kier molecular flexibility index (Phi) is 3.66. The standard InChI is InChI=1S/C8H7BrOS/c9-8(10)6-11-7-4-2-1-3-5-7/h1-5H,6H2. The Labute approximate surface area is 78.3 Å². The average molecular weight is 231 g/mol. The summed E-state index contributed by atoms with van der Waals surface area (Å²) in [6, 6.07) is 9.85. The summed E-state index contributed by atoms with van der Waals surface area (Å²) in [6.45, 7) is 0. The van der Waals surface area contributed by atoms with Crippen LogP contribution < -0.4 is 0 Å². The molecular formula is C8H7BrOS. The number of thioether (sulfide) groups is 1. The third-order valence-electron chi connectivity index (χ3n) is 1.10. The predicted octanol–water partition coefficient (Wildman–Crippen LogP) is 2.70. The smallest absolute Gasteiger partial charge is 0.208 e. The van der Waals surface area contributed by atoms with E-state index in [0.717, 1.165) is 4.90 Å². The van der Waals surface area contributed by atoms with Crippen LogP contribution in [0.15, 0.2) is 35.2 Å². The minimum absolute atomic E-state index is 0.0337. The van der Waals surface area contributed by atoms with E-state index in [1.807, 2.05) is 30.3 Å². The van der Waals surface area contributed by atoms with Crippen LogP contribution in [0.3, 0.4) is 0 Å². The summed E-state index contributed by atoms with van der Waals surface area (Å²) in [7, 11) is 0. The van der Waals surface area contributed by atoms with Gasteiger partial charge in [-0.2, -0.15) is 0 Å². The molecule has 0 fully saturated rings. The second kappa shape index (κ2) is 4.57. The fraction of sp³-hybridized carbons (Fsp3) is 0.125. The lowest BCUT2D eigenvalue weighted by Gasteiger charge is -1.95. The molecule has 0 saturated heterocycles. The molecule has 0 bridgehead atoms. The molecule has 11 heavy (non-hydrogen) atoms. The molecule has 0 aliphatic heterocycles. The summed E-state index contributed by atoms with van der Waals surface area (Å²) in [4.78, 5) is 11.6. The van der Waals surface area contributed by atoms with E-state index < -0.39 is 0 Å². The molecular weight excluding hydrogens is 224 g/mol. The molecule has 0 N–H and O–H groups in total. The maximum Gasteiger partial charge on any atom is 0.208 e. The van der Waals surface area contributed by atoms with Crippen molar-refractivity contribution in [2.24, 2.45) is 0 Å². The van der Waals surface area contributed by atoms with Crippen LogP contribution in [-0.4, -0.2) is 10.4 Å². The zero-order chi connectivity index (χ0) is 8.10. The lowest BCUT2D eigenvalue weighted by atomic mass is 10.4. The SMILES string of the molecule is O=C(Br)CSc1ccccc1. The molecule has 1 aromatic carbocycles. The zero-order valence-electron chi connectivity index (χ0n) is 5.79. The molecule has 0 amide bonds. The molecule has 1 aromatic rings. The maximum absolute atomic E-state index is 10.5. The van der Waals surface area contributed by atoms with E-state index in [4.69, 9.17) is 0 Å². The van der Waals surface area contributed by atoms with Crippen molar-refractivity contribution in [3.8, 4) is 0 Å². The van der Waals surface area contributed by atoms with Gasteiger partial charge in [-0.05, 0) is 28.1 Å². The lowest BCUT2D eigenvalue weighted by molar-refractivity contribution is -0.108. The van der Waals surface area contributed by atoms with Gasteiger partial charge >= 0.3 is 0 Å². The van der Waals surface area contributed by atoms with Gasteiger partial charge in [0, 0.05) is 4.90 Å². The molecule has 1 nitrogen and oxygen atoms in total. The van der Waals surface area contributed by atoms with Crippen molar-refractivity contribution < 1.29 is 4.79 Å². The Balaban J connectivity index is 2.45. The number of hydrogen-bond acceptors (Lipinski definition) is 2. The molecule has 0 aliphatic carbocycles. The van der Waals surface area contributed by atoms with E-state index >= 15 is 0 Å². The van der Waals surface area contributed by atoms with Gasteiger partial charge < -0.3 is 0 Å². The third kappa shape index (κ3) is 3.58. The first kappa shape index (κ1) is 8.81. The molecule has 3 heteroatoms. The molecule has 0 atom stereocenters. The van der Waals surface area contributed by atoms with E-state index in [2.05, 4.69) is 15.9 Å². The number of benzene rings is 1. The van der Waals surface area contributed by atoms with Crippen molar-refractivity contribution in [1.82, 2.24) is 0 Å². The maximum atomic E-state index is 10.5. The second-order valence-corrected chi connectivity index (χ2v) is 3.89. The van der Waals surface area contributed by atoms with Crippen LogP contribution >= 0.6 is 27.7 Å². The summed E-state index contributed by atoms with van der Waals surface area (Å²) in [5.74, 6) is 0.490. The van der Waals surface area contributed by atoms with E-state index in [9.17, 15) is 4.79 Å². The Hall–Kier alpha value is -0.280. The molecule has 0 heterocycles. The number of hydrogen-bond donors (Lipinski definition) is 0. The fourth-order valence-corrected chi connectivity index (χ4v) is 1.63. The zero-order valence-corrected chi connectivity index (χ0v) is 8.19. The highest BCUT2D eigenvalue weighted by Gasteiger charge is 1.96. The minimum atomic E-state index is 0.0337. The van der Waals surface area contributed by atoms with Gasteiger partial charge in [-0.25, -0.2) is 0 Å². The van der Waals surface area contributed by atoms with Gasteiger partial charge in [0.25, 0.3) is 0 Å². The van der Waals surface area contributed by atoms with Gasteiger partial charge in [0.05, 0.1) is 5.75 Å². The molecule has 0 spiro atoms. The van der Waals surface area contributed by atoms with Crippen molar-refractivity contribution in [3.05, 3.63) is 30.3 Å². The van der Waals surface area contributed by atoms with Crippen LogP contribution in [0.2, 0.25) is 0 Å². The largest absolute Gasteiger partial charge is 0.286 e. The molecule has 1 rings (SSSR count). The van der Waals surface area contributed by atoms with Gasteiger partial charge in [0.2, 0.25) is 4.69 Å². The summed E-state index contributed by atoms with van der Waals surface area (Å²) in [6.07, 6.45) is 0. The molecule has 0 saturated carbocycles. The quantitative estimate of drug-likeness (QED) is 0.587. The first-order valence-corrected chi connectivity index (χ1v) is 4.93.